The van der Waals surface area contributed by atoms with Crippen LogP contribution in [-0.2, 0) is 4.74 Å². The molecule has 21 heavy (non-hydrogen) atoms. The zero-order valence-electron chi connectivity index (χ0n) is 10.9. The van der Waals surface area contributed by atoms with E-state index in [9.17, 15) is 9.90 Å². The molecule has 3 N–H and O–H groups in total. The number of anilines is 1. The van der Waals surface area contributed by atoms with E-state index >= 15 is 0 Å². The van der Waals surface area contributed by atoms with Crippen molar-refractivity contribution in [1.82, 2.24) is 20.6 Å². The molecule has 0 aliphatic heterocycles. The Hall–Kier alpha value is -3.41. The number of tetrazole rings is 1. The molecule has 2 rings (SSSR count). The molecule has 0 fully saturated rings. The quantitative estimate of drug-likeness (QED) is 0.551. The Labute approximate surface area is 118 Å². The van der Waals surface area contributed by atoms with Crippen LogP contribution in [0.25, 0.3) is 5.57 Å². The Kier molecular flexibility index (Phi) is 4.11. The molecule has 0 bridgehead atoms. The van der Waals surface area contributed by atoms with E-state index in [1.165, 1.54) is 19.4 Å². The Balaban J connectivity index is 2.34. The van der Waals surface area contributed by atoms with Crippen LogP contribution in [0.4, 0.5) is 5.69 Å². The molecule has 1 heterocycles. The van der Waals surface area contributed by atoms with Gasteiger partial charge < -0.3 is 15.2 Å². The molecule has 0 atom stereocenters. The SMILES string of the molecule is COC(=O)c1c(O)cccc1NC=C(C#N)c1nn[nH]n1. The number of rotatable bonds is 4. The van der Waals surface area contributed by atoms with Crippen molar-refractivity contribution < 1.29 is 14.6 Å². The van der Waals surface area contributed by atoms with Crippen molar-refractivity contribution in [2.45, 2.75) is 0 Å². The summed E-state index contributed by atoms with van der Waals surface area (Å²) in [6.45, 7) is 0. The molecule has 0 radical (unpaired) electrons. The fraction of sp³-hybridized carbons (Fsp3) is 0.0833. The van der Waals surface area contributed by atoms with Crippen LogP contribution in [0.15, 0.2) is 24.4 Å². The predicted octanol–water partition coefficient (Wildman–Crippen LogP) is 0.668. The van der Waals surface area contributed by atoms with Gasteiger partial charge in [-0.25, -0.2) is 4.79 Å². The molecule has 0 aliphatic rings. The second kappa shape index (κ2) is 6.16. The first-order valence-corrected chi connectivity index (χ1v) is 5.68. The van der Waals surface area contributed by atoms with Gasteiger partial charge in [-0.05, 0) is 17.3 Å². The van der Waals surface area contributed by atoms with Crippen molar-refractivity contribution in [1.29, 1.82) is 5.26 Å². The number of nitriles is 1. The molecule has 0 saturated carbocycles. The fourth-order valence-electron chi connectivity index (χ4n) is 1.55. The number of hydrogen-bond donors (Lipinski definition) is 3. The van der Waals surface area contributed by atoms with Gasteiger partial charge in [-0.3, -0.25) is 0 Å². The summed E-state index contributed by atoms with van der Waals surface area (Å²) in [6, 6.07) is 6.33. The number of nitrogens with zero attached hydrogens (tertiary/aromatic N) is 4. The second-order valence-electron chi connectivity index (χ2n) is 3.74. The average Bonchev–Trinajstić information content (AvgIpc) is 3.01. The molecule has 106 valence electrons. The average molecular weight is 286 g/mol. The van der Waals surface area contributed by atoms with Crippen LogP contribution in [0.1, 0.15) is 16.2 Å². The minimum Gasteiger partial charge on any atom is -0.507 e. The van der Waals surface area contributed by atoms with E-state index < -0.39 is 5.97 Å². The molecule has 2 aromatic rings. The first-order chi connectivity index (χ1) is 10.2. The van der Waals surface area contributed by atoms with E-state index in [1.54, 1.807) is 12.1 Å². The van der Waals surface area contributed by atoms with Gasteiger partial charge in [0.1, 0.15) is 23.0 Å². The van der Waals surface area contributed by atoms with E-state index in [2.05, 4.69) is 30.7 Å². The van der Waals surface area contributed by atoms with Crippen molar-refractivity contribution in [3.05, 3.63) is 35.8 Å². The number of aromatic hydroxyl groups is 1. The van der Waals surface area contributed by atoms with Crippen LogP contribution in [0, 0.1) is 11.3 Å². The van der Waals surface area contributed by atoms with Crippen LogP contribution in [0.2, 0.25) is 0 Å². The van der Waals surface area contributed by atoms with E-state index in [4.69, 9.17) is 5.26 Å². The lowest BCUT2D eigenvalue weighted by atomic mass is 10.1. The van der Waals surface area contributed by atoms with Gasteiger partial charge in [0.05, 0.1) is 12.8 Å². The third-order valence-corrected chi connectivity index (χ3v) is 2.51. The molecule has 0 unspecified atom stereocenters. The van der Waals surface area contributed by atoms with Crippen LogP contribution in [0.3, 0.4) is 0 Å². The first-order valence-electron chi connectivity index (χ1n) is 5.68. The first kappa shape index (κ1) is 14.0. The summed E-state index contributed by atoms with van der Waals surface area (Å²) in [5, 5.41) is 34.4. The highest BCUT2D eigenvalue weighted by Gasteiger charge is 2.16. The maximum Gasteiger partial charge on any atom is 0.343 e. The molecule has 1 aromatic carbocycles. The maximum atomic E-state index is 11.7. The lowest BCUT2D eigenvalue weighted by molar-refractivity contribution is 0.0598. The van der Waals surface area contributed by atoms with Crippen LogP contribution >= 0.6 is 0 Å². The summed E-state index contributed by atoms with van der Waals surface area (Å²) in [4.78, 5) is 11.7. The number of methoxy groups -OCH3 is 1. The van der Waals surface area contributed by atoms with Crippen molar-refractivity contribution in [3.8, 4) is 11.8 Å². The Morgan fingerprint density at radius 3 is 3.00 bits per heavy atom. The third kappa shape index (κ3) is 2.95. The minimum absolute atomic E-state index is 0.0401. The Bertz CT molecular complexity index is 717. The summed E-state index contributed by atoms with van der Waals surface area (Å²) in [7, 11) is 1.20. The van der Waals surface area contributed by atoms with Gasteiger partial charge in [0.2, 0.25) is 5.82 Å². The van der Waals surface area contributed by atoms with Crippen LogP contribution in [-0.4, -0.2) is 38.8 Å². The standard InChI is InChI=1S/C12H10N6O3/c1-21-12(20)10-8(3-2-4-9(10)19)14-6-7(5-13)11-15-17-18-16-11/h2-4,6,14,19H,1H3,(H,15,16,17,18). The number of allylic oxidation sites excluding steroid dienone is 1. The smallest absolute Gasteiger partial charge is 0.343 e. The van der Waals surface area contributed by atoms with Gasteiger partial charge in [0.15, 0.2) is 0 Å². The number of phenols is 1. The molecule has 0 spiro atoms. The zero-order valence-corrected chi connectivity index (χ0v) is 10.9. The van der Waals surface area contributed by atoms with Gasteiger partial charge in [-0.1, -0.05) is 6.07 Å². The lowest BCUT2D eigenvalue weighted by Crippen LogP contribution is -2.06. The number of carbonyl (C=O) groups excluding carboxylic acids is 1. The normalized spacial score (nSPS) is 10.8. The second-order valence-corrected chi connectivity index (χ2v) is 3.74. The maximum absolute atomic E-state index is 11.7. The summed E-state index contributed by atoms with van der Waals surface area (Å²) in [6.07, 6.45) is 1.30. The Morgan fingerprint density at radius 2 is 2.38 bits per heavy atom. The topological polar surface area (TPSA) is 137 Å². The fourth-order valence-corrected chi connectivity index (χ4v) is 1.55. The Morgan fingerprint density at radius 1 is 1.57 bits per heavy atom. The van der Waals surface area contributed by atoms with Gasteiger partial charge in [0.25, 0.3) is 0 Å². The number of nitrogens with one attached hydrogen (secondary N) is 2. The van der Waals surface area contributed by atoms with Gasteiger partial charge in [-0.15, -0.1) is 10.2 Å². The number of aromatic amines is 1. The highest BCUT2D eigenvalue weighted by atomic mass is 16.5. The third-order valence-electron chi connectivity index (χ3n) is 2.51. The molecule has 0 amide bonds. The van der Waals surface area contributed by atoms with Crippen molar-refractivity contribution >= 4 is 17.2 Å². The molecule has 9 nitrogen and oxygen atoms in total. The van der Waals surface area contributed by atoms with E-state index in [1.807, 2.05) is 6.07 Å². The zero-order chi connectivity index (χ0) is 15.2. The molecule has 1 aromatic heterocycles. The number of carbonyl (C=O) groups is 1. The molecular weight excluding hydrogens is 276 g/mol. The predicted molar refractivity (Wildman–Crippen MR) is 70.8 cm³/mol. The van der Waals surface area contributed by atoms with Crippen LogP contribution in [0.5, 0.6) is 5.75 Å². The van der Waals surface area contributed by atoms with E-state index in [-0.39, 0.29) is 28.4 Å². The number of phenolic OH excluding ortho intramolecular Hbond substituents is 1. The van der Waals surface area contributed by atoms with E-state index in [0.717, 1.165) is 0 Å². The molecule has 0 saturated heterocycles. The van der Waals surface area contributed by atoms with Gasteiger partial charge in [-0.2, -0.15) is 10.5 Å². The molecule has 9 heteroatoms. The summed E-state index contributed by atoms with van der Waals surface area (Å²) >= 11 is 0. The number of aromatic nitrogens is 4. The number of hydrogen-bond acceptors (Lipinski definition) is 8. The highest BCUT2D eigenvalue weighted by Crippen LogP contribution is 2.26. The van der Waals surface area contributed by atoms with Crippen molar-refractivity contribution in [2.24, 2.45) is 0 Å². The number of benzene rings is 1. The van der Waals surface area contributed by atoms with Crippen molar-refractivity contribution in [2.75, 3.05) is 12.4 Å². The summed E-state index contributed by atoms with van der Waals surface area (Å²) in [5.41, 5.74) is 0.336. The lowest BCUT2D eigenvalue weighted by Gasteiger charge is -2.09. The highest BCUT2D eigenvalue weighted by molar-refractivity contribution is 5.98. The number of esters is 1. The van der Waals surface area contributed by atoms with Gasteiger partial charge in [0, 0.05) is 6.20 Å². The van der Waals surface area contributed by atoms with Gasteiger partial charge >= 0.3 is 5.97 Å². The van der Waals surface area contributed by atoms with Crippen LogP contribution < -0.4 is 5.32 Å². The summed E-state index contributed by atoms with van der Waals surface area (Å²) in [5.74, 6) is -0.842. The minimum atomic E-state index is -0.706. The summed E-state index contributed by atoms with van der Waals surface area (Å²) < 4.78 is 4.60. The number of ether oxygens (including phenoxy) is 1. The van der Waals surface area contributed by atoms with E-state index in [0.29, 0.717) is 0 Å². The molecular formula is C12H10N6O3. The monoisotopic (exact) mass is 286 g/mol. The number of H-pyrrole nitrogens is 1. The largest absolute Gasteiger partial charge is 0.507 e. The molecule has 0 aliphatic carbocycles. The van der Waals surface area contributed by atoms with Crippen molar-refractivity contribution in [3.63, 3.8) is 0 Å².